The Morgan fingerprint density at radius 3 is 2.12 bits per heavy atom. The van der Waals surface area contributed by atoms with E-state index in [9.17, 15) is 9.59 Å². The van der Waals surface area contributed by atoms with Gasteiger partial charge in [0.15, 0.2) is 0 Å². The maximum absolute atomic E-state index is 11.6. The fourth-order valence-corrected chi connectivity index (χ4v) is 1.13. The average Bonchev–Trinajstić information content (AvgIpc) is 2.14. The van der Waals surface area contributed by atoms with Gasteiger partial charge in [-0.05, 0) is 34.1 Å². The summed E-state index contributed by atoms with van der Waals surface area (Å²) < 4.78 is 0. The van der Waals surface area contributed by atoms with Gasteiger partial charge in [-0.15, -0.1) is 0 Å². The first-order valence-electron chi connectivity index (χ1n) is 5.96. The minimum atomic E-state index is -0.861. The molecule has 0 radical (unpaired) electrons. The third-order valence-corrected chi connectivity index (χ3v) is 2.41. The molecule has 4 N–H and O–H groups in total. The topological polar surface area (TPSA) is 84.2 Å². The number of nitrogens with two attached hydrogens (primary N) is 1. The van der Waals surface area contributed by atoms with E-state index in [4.69, 9.17) is 5.73 Å². The van der Waals surface area contributed by atoms with Gasteiger partial charge >= 0.3 is 0 Å². The number of amides is 2. The van der Waals surface area contributed by atoms with Crippen molar-refractivity contribution in [3.8, 4) is 0 Å². The van der Waals surface area contributed by atoms with E-state index in [1.807, 2.05) is 27.7 Å². The van der Waals surface area contributed by atoms with Crippen LogP contribution in [-0.2, 0) is 9.59 Å². The molecule has 2 amide bonds. The zero-order valence-corrected chi connectivity index (χ0v) is 11.5. The summed E-state index contributed by atoms with van der Waals surface area (Å²) in [6.07, 6.45) is 0.829. The highest BCUT2D eigenvalue weighted by Crippen LogP contribution is 2.04. The summed E-state index contributed by atoms with van der Waals surface area (Å²) in [4.78, 5) is 23.1. The van der Waals surface area contributed by atoms with Gasteiger partial charge in [0.05, 0.1) is 5.54 Å². The zero-order valence-electron chi connectivity index (χ0n) is 11.5. The minimum Gasteiger partial charge on any atom is -0.354 e. The molecule has 0 rings (SSSR count). The van der Waals surface area contributed by atoms with Gasteiger partial charge in [0.2, 0.25) is 11.8 Å². The van der Waals surface area contributed by atoms with Gasteiger partial charge in [-0.1, -0.05) is 6.92 Å². The molecule has 0 bridgehead atoms. The second kappa shape index (κ2) is 6.00. The summed E-state index contributed by atoms with van der Waals surface area (Å²) >= 11 is 0. The molecule has 0 aromatic rings. The van der Waals surface area contributed by atoms with Crippen molar-refractivity contribution in [3.63, 3.8) is 0 Å². The Morgan fingerprint density at radius 2 is 1.71 bits per heavy atom. The van der Waals surface area contributed by atoms with Gasteiger partial charge in [-0.2, -0.15) is 0 Å². The average molecular weight is 243 g/mol. The van der Waals surface area contributed by atoms with Crippen LogP contribution < -0.4 is 16.4 Å². The summed E-state index contributed by atoms with van der Waals surface area (Å²) in [6.45, 7) is 9.59. The molecule has 0 aliphatic rings. The molecule has 0 aliphatic carbocycles. The highest BCUT2D eigenvalue weighted by molar-refractivity contribution is 5.86. The van der Waals surface area contributed by atoms with Crippen LogP contribution in [0, 0.1) is 0 Å². The van der Waals surface area contributed by atoms with Crippen molar-refractivity contribution in [1.82, 2.24) is 10.6 Å². The first kappa shape index (κ1) is 15.9. The maximum atomic E-state index is 11.6. The van der Waals surface area contributed by atoms with E-state index in [-0.39, 0.29) is 23.8 Å². The molecule has 0 aliphatic heterocycles. The summed E-state index contributed by atoms with van der Waals surface area (Å²) in [5.41, 5.74) is 4.66. The lowest BCUT2D eigenvalue weighted by molar-refractivity contribution is -0.126. The first-order chi connectivity index (χ1) is 7.58. The van der Waals surface area contributed by atoms with Crippen LogP contribution in [0.15, 0.2) is 0 Å². The number of nitrogens with one attached hydrogen (secondary N) is 2. The Bertz CT molecular complexity index is 280. The molecule has 5 nitrogen and oxygen atoms in total. The van der Waals surface area contributed by atoms with Gasteiger partial charge < -0.3 is 16.4 Å². The lowest BCUT2D eigenvalue weighted by Gasteiger charge is -2.22. The molecule has 5 heteroatoms. The highest BCUT2D eigenvalue weighted by atomic mass is 16.2. The molecule has 0 heterocycles. The van der Waals surface area contributed by atoms with E-state index in [1.165, 1.54) is 0 Å². The second-order valence-electron chi connectivity index (χ2n) is 5.58. The van der Waals surface area contributed by atoms with Crippen LogP contribution >= 0.6 is 0 Å². The third kappa shape index (κ3) is 6.94. The number of hydrogen-bond donors (Lipinski definition) is 3. The summed E-state index contributed by atoms with van der Waals surface area (Å²) in [5.74, 6) is -0.295. The SMILES string of the molecule is CCC(C)(N)C(=O)NCCC(=O)NC(C)(C)C. The van der Waals surface area contributed by atoms with Crippen molar-refractivity contribution in [2.75, 3.05) is 6.54 Å². The maximum Gasteiger partial charge on any atom is 0.239 e. The predicted molar refractivity (Wildman–Crippen MR) is 68.4 cm³/mol. The van der Waals surface area contributed by atoms with Gasteiger partial charge in [-0.3, -0.25) is 9.59 Å². The van der Waals surface area contributed by atoms with Crippen molar-refractivity contribution in [2.45, 2.75) is 58.5 Å². The summed E-state index contributed by atoms with van der Waals surface area (Å²) in [5, 5.41) is 5.49. The van der Waals surface area contributed by atoms with E-state index in [1.54, 1.807) is 6.92 Å². The van der Waals surface area contributed by atoms with Crippen molar-refractivity contribution >= 4 is 11.8 Å². The van der Waals surface area contributed by atoms with Gasteiger partial charge in [0.1, 0.15) is 0 Å². The summed E-state index contributed by atoms with van der Waals surface area (Å²) in [6, 6.07) is 0. The number of carbonyl (C=O) groups is 2. The fourth-order valence-electron chi connectivity index (χ4n) is 1.13. The van der Waals surface area contributed by atoms with Gasteiger partial charge in [-0.25, -0.2) is 0 Å². The lowest BCUT2D eigenvalue weighted by Crippen LogP contribution is -2.51. The van der Waals surface area contributed by atoms with Gasteiger partial charge in [0.25, 0.3) is 0 Å². The zero-order chi connectivity index (χ0) is 13.7. The van der Waals surface area contributed by atoms with Crippen LogP contribution in [0.5, 0.6) is 0 Å². The van der Waals surface area contributed by atoms with Crippen LogP contribution in [0.3, 0.4) is 0 Å². The molecule has 0 spiro atoms. The molecule has 0 aromatic carbocycles. The Kier molecular flexibility index (Phi) is 5.61. The number of rotatable bonds is 5. The van der Waals surface area contributed by atoms with Crippen LogP contribution in [0.25, 0.3) is 0 Å². The van der Waals surface area contributed by atoms with Gasteiger partial charge in [0, 0.05) is 18.5 Å². The predicted octanol–water partition coefficient (Wildman–Crippen LogP) is 0.535. The van der Waals surface area contributed by atoms with Crippen LogP contribution in [-0.4, -0.2) is 29.4 Å². The Hall–Kier alpha value is -1.10. The molecular weight excluding hydrogens is 218 g/mol. The number of hydrogen-bond acceptors (Lipinski definition) is 3. The van der Waals surface area contributed by atoms with Crippen LogP contribution in [0.2, 0.25) is 0 Å². The molecule has 17 heavy (non-hydrogen) atoms. The molecule has 100 valence electrons. The van der Waals surface area contributed by atoms with E-state index >= 15 is 0 Å². The Labute approximate surface area is 104 Å². The highest BCUT2D eigenvalue weighted by Gasteiger charge is 2.25. The normalized spacial score (nSPS) is 14.9. The smallest absolute Gasteiger partial charge is 0.239 e. The van der Waals surface area contributed by atoms with E-state index in [0.29, 0.717) is 13.0 Å². The molecule has 0 saturated carbocycles. The lowest BCUT2D eigenvalue weighted by atomic mass is 9.99. The monoisotopic (exact) mass is 243 g/mol. The largest absolute Gasteiger partial charge is 0.354 e. The standard InChI is InChI=1S/C12H25N3O2/c1-6-12(5,13)10(17)14-8-7-9(16)15-11(2,3)4/h6-8,13H2,1-5H3,(H,14,17)(H,15,16). The summed E-state index contributed by atoms with van der Waals surface area (Å²) in [7, 11) is 0. The van der Waals surface area contributed by atoms with Crippen molar-refractivity contribution in [3.05, 3.63) is 0 Å². The fraction of sp³-hybridized carbons (Fsp3) is 0.833. The molecule has 0 fully saturated rings. The van der Waals surface area contributed by atoms with Crippen LogP contribution in [0.1, 0.15) is 47.5 Å². The third-order valence-electron chi connectivity index (χ3n) is 2.41. The molecule has 0 aromatic heterocycles. The molecule has 0 saturated heterocycles. The second-order valence-corrected chi connectivity index (χ2v) is 5.58. The molecule has 1 atom stereocenters. The van der Waals surface area contributed by atoms with E-state index < -0.39 is 5.54 Å². The van der Waals surface area contributed by atoms with E-state index in [2.05, 4.69) is 10.6 Å². The molecular formula is C12H25N3O2. The molecule has 1 unspecified atom stereocenters. The van der Waals surface area contributed by atoms with Crippen molar-refractivity contribution in [2.24, 2.45) is 5.73 Å². The minimum absolute atomic E-state index is 0.0759. The van der Waals surface area contributed by atoms with Crippen molar-refractivity contribution < 1.29 is 9.59 Å². The Morgan fingerprint density at radius 1 is 1.18 bits per heavy atom. The Balaban J connectivity index is 3.93. The quantitative estimate of drug-likeness (QED) is 0.658. The van der Waals surface area contributed by atoms with Crippen molar-refractivity contribution in [1.29, 1.82) is 0 Å². The number of carbonyl (C=O) groups excluding carboxylic acids is 2. The van der Waals surface area contributed by atoms with Crippen LogP contribution in [0.4, 0.5) is 0 Å². The van der Waals surface area contributed by atoms with E-state index in [0.717, 1.165) is 0 Å². The first-order valence-corrected chi connectivity index (χ1v) is 5.96.